The second kappa shape index (κ2) is 9.81. The first kappa shape index (κ1) is 25.3. The second-order valence-corrected chi connectivity index (χ2v) is 9.50. The van der Waals surface area contributed by atoms with E-state index >= 15 is 0 Å². The SMILES string of the molecule is CNCCOc1ccc2oc(C(=O)N3C[C@@H](CCl)c4c3cc(O)c3[nH]c(C)c(C(=O)OC)c43)c(Cl)c2c1. The number of hydrogen-bond donors (Lipinski definition) is 3. The van der Waals surface area contributed by atoms with Gasteiger partial charge < -0.3 is 34.2 Å². The minimum Gasteiger partial charge on any atom is -0.506 e. The highest BCUT2D eigenvalue weighted by Crippen LogP contribution is 2.48. The van der Waals surface area contributed by atoms with E-state index in [4.69, 9.17) is 37.1 Å². The van der Waals surface area contributed by atoms with Crippen molar-refractivity contribution in [3.63, 3.8) is 0 Å². The Balaban J connectivity index is 1.60. The molecule has 0 fully saturated rings. The Hall–Kier alpha value is -3.40. The van der Waals surface area contributed by atoms with Gasteiger partial charge in [-0.25, -0.2) is 4.79 Å². The number of phenols is 1. The van der Waals surface area contributed by atoms with Crippen LogP contribution >= 0.6 is 23.2 Å². The van der Waals surface area contributed by atoms with E-state index in [1.54, 1.807) is 25.1 Å². The number of rotatable bonds is 7. The summed E-state index contributed by atoms with van der Waals surface area (Å²) < 4.78 is 16.6. The normalized spacial score (nSPS) is 14.9. The fraction of sp³-hybridized carbons (Fsp3) is 0.308. The number of fused-ring (bicyclic) bond motifs is 4. The molecule has 1 aliphatic heterocycles. The van der Waals surface area contributed by atoms with Crippen LogP contribution in [0.25, 0.3) is 21.9 Å². The van der Waals surface area contributed by atoms with Crippen molar-refractivity contribution in [1.29, 1.82) is 0 Å². The zero-order chi connectivity index (χ0) is 26.4. The number of carbonyl (C=O) groups is 2. The van der Waals surface area contributed by atoms with Crippen molar-refractivity contribution >= 4 is 62.6 Å². The number of likely N-dealkylation sites (N-methyl/N-ethyl adjacent to an activating group) is 1. The number of aryl methyl sites for hydroxylation is 1. The minimum atomic E-state index is -0.553. The Labute approximate surface area is 222 Å². The van der Waals surface area contributed by atoms with Crippen LogP contribution in [0.2, 0.25) is 5.02 Å². The predicted molar refractivity (Wildman–Crippen MR) is 142 cm³/mol. The zero-order valence-corrected chi connectivity index (χ0v) is 21.9. The molecular weight excluding hydrogens is 521 g/mol. The van der Waals surface area contributed by atoms with Gasteiger partial charge in [-0.15, -0.1) is 11.6 Å². The number of esters is 1. The third-order valence-corrected chi connectivity index (χ3v) is 7.35. The lowest BCUT2D eigenvalue weighted by Gasteiger charge is -2.17. The maximum absolute atomic E-state index is 13.8. The van der Waals surface area contributed by atoms with E-state index in [0.29, 0.717) is 63.3 Å². The molecule has 37 heavy (non-hydrogen) atoms. The Bertz CT molecular complexity index is 1540. The number of benzene rings is 2. The average Bonchev–Trinajstić information content (AvgIpc) is 3.54. The predicted octanol–water partition coefficient (Wildman–Crippen LogP) is 4.95. The summed E-state index contributed by atoms with van der Waals surface area (Å²) in [6, 6.07) is 6.67. The lowest BCUT2D eigenvalue weighted by Crippen LogP contribution is -2.30. The number of aromatic hydroxyl groups is 1. The molecule has 2 aromatic heterocycles. The molecule has 0 saturated heterocycles. The first-order valence-corrected chi connectivity index (χ1v) is 12.6. The number of nitrogens with one attached hydrogen (secondary N) is 2. The lowest BCUT2D eigenvalue weighted by atomic mass is 9.95. The molecule has 0 radical (unpaired) electrons. The smallest absolute Gasteiger partial charge is 0.340 e. The molecule has 0 spiro atoms. The van der Waals surface area contributed by atoms with Gasteiger partial charge in [0.05, 0.1) is 23.9 Å². The molecule has 0 aliphatic carbocycles. The van der Waals surface area contributed by atoms with Crippen LogP contribution < -0.4 is 15.0 Å². The van der Waals surface area contributed by atoms with Gasteiger partial charge >= 0.3 is 5.97 Å². The van der Waals surface area contributed by atoms with Crippen LogP contribution in [0.15, 0.2) is 28.7 Å². The minimum absolute atomic E-state index is 0.0387. The zero-order valence-electron chi connectivity index (χ0n) is 20.4. The van der Waals surface area contributed by atoms with Crippen molar-refractivity contribution in [3.05, 3.63) is 51.9 Å². The second-order valence-electron chi connectivity index (χ2n) is 8.82. The Morgan fingerprint density at radius 2 is 2.11 bits per heavy atom. The maximum Gasteiger partial charge on any atom is 0.340 e. The Kier molecular flexibility index (Phi) is 6.70. The molecule has 9 nitrogen and oxygen atoms in total. The van der Waals surface area contributed by atoms with Crippen molar-refractivity contribution in [1.82, 2.24) is 10.3 Å². The number of H-pyrrole nitrogens is 1. The number of methoxy groups -OCH3 is 1. The number of nitrogens with zero attached hydrogens (tertiary/aromatic N) is 1. The number of furan rings is 1. The fourth-order valence-corrected chi connectivity index (χ4v) is 5.40. The third-order valence-electron chi connectivity index (χ3n) is 6.60. The number of carbonyl (C=O) groups excluding carboxylic acids is 2. The summed E-state index contributed by atoms with van der Waals surface area (Å²) in [5.41, 5.74) is 2.76. The van der Waals surface area contributed by atoms with E-state index in [9.17, 15) is 14.7 Å². The maximum atomic E-state index is 13.8. The van der Waals surface area contributed by atoms with Crippen LogP contribution in [0.3, 0.4) is 0 Å². The molecule has 194 valence electrons. The summed E-state index contributed by atoms with van der Waals surface area (Å²) in [4.78, 5) is 30.9. The molecule has 5 rings (SSSR count). The number of halogens is 2. The summed E-state index contributed by atoms with van der Waals surface area (Å²) >= 11 is 13.0. The number of aromatic amines is 1. The van der Waals surface area contributed by atoms with Gasteiger partial charge in [0, 0.05) is 47.4 Å². The molecule has 0 bridgehead atoms. The van der Waals surface area contributed by atoms with Crippen molar-refractivity contribution in [3.8, 4) is 11.5 Å². The van der Waals surface area contributed by atoms with Crippen molar-refractivity contribution in [2.75, 3.05) is 44.6 Å². The highest BCUT2D eigenvalue weighted by molar-refractivity contribution is 6.39. The first-order valence-electron chi connectivity index (χ1n) is 11.6. The van der Waals surface area contributed by atoms with Crippen LogP contribution in [-0.2, 0) is 4.74 Å². The van der Waals surface area contributed by atoms with Gasteiger partial charge in [-0.3, -0.25) is 4.79 Å². The standard InChI is InChI=1S/C26H25Cl2N3O6/c1-12-19(26(34)35-3)21-20-13(10-27)11-31(16(20)9-17(32)23(21)30-12)25(33)24-22(28)15-8-14(36-7-6-29-2)4-5-18(15)37-24/h4-5,8-9,13,29-30,32H,6-7,10-11H2,1-3H3/t13-/m1/s1. The van der Waals surface area contributed by atoms with Crippen LogP contribution in [0, 0.1) is 6.92 Å². The summed E-state index contributed by atoms with van der Waals surface area (Å²) in [6.07, 6.45) is 0. The van der Waals surface area contributed by atoms with Crippen LogP contribution in [0.4, 0.5) is 5.69 Å². The van der Waals surface area contributed by atoms with E-state index in [1.165, 1.54) is 18.1 Å². The molecule has 1 aliphatic rings. The number of aromatic nitrogens is 1. The van der Waals surface area contributed by atoms with Crippen molar-refractivity contribution in [2.24, 2.45) is 0 Å². The Morgan fingerprint density at radius 3 is 2.81 bits per heavy atom. The number of hydrogen-bond acceptors (Lipinski definition) is 7. The molecule has 11 heteroatoms. The fourth-order valence-electron chi connectivity index (χ4n) is 4.88. The number of phenolic OH excluding ortho intramolecular Hbond substituents is 1. The van der Waals surface area contributed by atoms with Gasteiger partial charge in [0.1, 0.15) is 28.7 Å². The van der Waals surface area contributed by atoms with Crippen LogP contribution in [-0.4, -0.2) is 61.7 Å². The Morgan fingerprint density at radius 1 is 1.32 bits per heavy atom. The van der Waals surface area contributed by atoms with Gasteiger partial charge in [0.2, 0.25) is 5.76 Å². The van der Waals surface area contributed by atoms with Crippen LogP contribution in [0.5, 0.6) is 11.5 Å². The van der Waals surface area contributed by atoms with E-state index < -0.39 is 11.9 Å². The largest absolute Gasteiger partial charge is 0.506 e. The summed E-state index contributed by atoms with van der Waals surface area (Å²) in [7, 11) is 3.13. The van der Waals surface area contributed by atoms with Gasteiger partial charge in [-0.05, 0) is 37.7 Å². The molecule has 3 heterocycles. The summed E-state index contributed by atoms with van der Waals surface area (Å²) in [5, 5.41) is 15.0. The van der Waals surface area contributed by atoms with Crippen LogP contribution in [0.1, 0.15) is 38.1 Å². The molecule has 4 aromatic rings. The van der Waals surface area contributed by atoms with Gasteiger partial charge in [0.15, 0.2) is 0 Å². The van der Waals surface area contributed by atoms with Crippen molar-refractivity contribution < 1.29 is 28.6 Å². The first-order chi connectivity index (χ1) is 17.8. The molecule has 1 amide bonds. The lowest BCUT2D eigenvalue weighted by molar-refractivity contribution is 0.0602. The quantitative estimate of drug-likeness (QED) is 0.171. The summed E-state index contributed by atoms with van der Waals surface area (Å²) in [6.45, 7) is 3.08. The highest BCUT2D eigenvalue weighted by atomic mass is 35.5. The molecule has 2 aromatic carbocycles. The van der Waals surface area contributed by atoms with E-state index in [-0.39, 0.29) is 34.9 Å². The number of alkyl halides is 1. The summed E-state index contributed by atoms with van der Waals surface area (Å²) in [5.74, 6) is -0.715. The highest BCUT2D eigenvalue weighted by Gasteiger charge is 2.39. The third kappa shape index (κ3) is 4.07. The molecular formula is C26H25Cl2N3O6. The van der Waals surface area contributed by atoms with E-state index in [0.717, 1.165) is 0 Å². The number of amides is 1. The molecule has 1 atom stereocenters. The topological polar surface area (TPSA) is 117 Å². The van der Waals surface area contributed by atoms with Gasteiger partial charge in [-0.2, -0.15) is 0 Å². The molecule has 0 unspecified atom stereocenters. The number of ether oxygens (including phenoxy) is 2. The van der Waals surface area contributed by atoms with Crippen molar-refractivity contribution in [2.45, 2.75) is 12.8 Å². The van der Waals surface area contributed by atoms with Gasteiger partial charge in [-0.1, -0.05) is 11.6 Å². The molecule has 0 saturated carbocycles. The average molecular weight is 546 g/mol. The molecule has 3 N–H and O–H groups in total. The van der Waals surface area contributed by atoms with E-state index in [1.807, 2.05) is 7.05 Å². The number of anilines is 1. The van der Waals surface area contributed by atoms with Gasteiger partial charge in [0.25, 0.3) is 5.91 Å². The van der Waals surface area contributed by atoms with E-state index in [2.05, 4.69) is 10.3 Å². The monoisotopic (exact) mass is 545 g/mol.